The second-order valence-electron chi connectivity index (χ2n) is 7.50. The van der Waals surface area contributed by atoms with Gasteiger partial charge in [0.25, 0.3) is 0 Å². The zero-order valence-electron chi connectivity index (χ0n) is 17.3. The molecule has 0 bridgehead atoms. The summed E-state index contributed by atoms with van der Waals surface area (Å²) in [6.07, 6.45) is -6.35. The van der Waals surface area contributed by atoms with E-state index in [1.54, 1.807) is 6.07 Å². The highest BCUT2D eigenvalue weighted by molar-refractivity contribution is 5.88. The molecule has 5 atom stereocenters. The highest BCUT2D eigenvalue weighted by Gasteiger charge is 2.44. The summed E-state index contributed by atoms with van der Waals surface area (Å²) in [6, 6.07) is 6.71. The van der Waals surface area contributed by atoms with E-state index in [0.717, 1.165) is 12.3 Å². The lowest BCUT2D eigenvalue weighted by Crippen LogP contribution is -2.60. The summed E-state index contributed by atoms with van der Waals surface area (Å²) in [5.41, 5.74) is -0.192. The molecule has 3 aromatic rings. The SMILES string of the molecule is COc1ccc(-c2coc3cc(OC4OC(CO)C(O)C(O)C4O)cc(O)c3c2=O)cc1O. The summed E-state index contributed by atoms with van der Waals surface area (Å²) >= 11 is 0. The number of phenols is 2. The van der Waals surface area contributed by atoms with Crippen molar-refractivity contribution in [2.75, 3.05) is 13.7 Å². The summed E-state index contributed by atoms with van der Waals surface area (Å²) in [6.45, 7) is -0.633. The maximum atomic E-state index is 13.0. The van der Waals surface area contributed by atoms with Gasteiger partial charge in [0.2, 0.25) is 11.7 Å². The summed E-state index contributed by atoms with van der Waals surface area (Å²) in [7, 11) is 1.39. The standard InChI is InChI=1S/C22H22O11/c1-30-14-3-2-9(4-12(14)24)11-8-31-15-6-10(5-13(25)17(15)18(11)26)32-22-21(29)20(28)19(27)16(7-23)33-22/h2-6,8,16,19-25,27-29H,7H2,1H3. The van der Waals surface area contributed by atoms with Crippen LogP contribution < -0.4 is 14.9 Å². The number of rotatable bonds is 5. The van der Waals surface area contributed by atoms with Crippen LogP contribution in [-0.2, 0) is 4.74 Å². The Morgan fingerprint density at radius 3 is 2.42 bits per heavy atom. The van der Waals surface area contributed by atoms with Crippen LogP contribution in [0.25, 0.3) is 22.1 Å². The Kier molecular flexibility index (Phi) is 6.15. The van der Waals surface area contributed by atoms with E-state index in [9.17, 15) is 35.4 Å². The second kappa shape index (κ2) is 8.89. The van der Waals surface area contributed by atoms with E-state index in [1.807, 2.05) is 0 Å². The predicted octanol–water partition coefficient (Wildman–Crippen LogP) is 0.0585. The van der Waals surface area contributed by atoms with E-state index in [4.69, 9.17) is 18.6 Å². The van der Waals surface area contributed by atoms with Gasteiger partial charge in [0, 0.05) is 12.1 Å². The third-order valence-electron chi connectivity index (χ3n) is 5.42. The molecule has 1 saturated heterocycles. The molecule has 2 heterocycles. The first kappa shape index (κ1) is 22.8. The summed E-state index contributed by atoms with van der Waals surface area (Å²) in [5, 5.41) is 59.5. The highest BCUT2D eigenvalue weighted by Crippen LogP contribution is 2.34. The van der Waals surface area contributed by atoms with Crippen molar-refractivity contribution in [2.45, 2.75) is 30.7 Å². The van der Waals surface area contributed by atoms with Gasteiger partial charge in [0.15, 0.2) is 11.5 Å². The first-order valence-corrected chi connectivity index (χ1v) is 9.88. The van der Waals surface area contributed by atoms with Crippen molar-refractivity contribution in [1.29, 1.82) is 0 Å². The lowest BCUT2D eigenvalue weighted by atomic mass is 9.99. The number of aliphatic hydroxyl groups excluding tert-OH is 4. The minimum Gasteiger partial charge on any atom is -0.507 e. The first-order valence-electron chi connectivity index (χ1n) is 9.88. The van der Waals surface area contributed by atoms with Crippen LogP contribution in [0.2, 0.25) is 0 Å². The van der Waals surface area contributed by atoms with Gasteiger partial charge >= 0.3 is 0 Å². The van der Waals surface area contributed by atoms with Crippen molar-refractivity contribution in [2.24, 2.45) is 0 Å². The monoisotopic (exact) mass is 462 g/mol. The highest BCUT2D eigenvalue weighted by atomic mass is 16.7. The maximum Gasteiger partial charge on any atom is 0.229 e. The molecule has 0 aliphatic carbocycles. The van der Waals surface area contributed by atoms with Gasteiger partial charge in [-0.2, -0.15) is 0 Å². The third kappa shape index (κ3) is 4.08. The zero-order valence-corrected chi connectivity index (χ0v) is 17.3. The van der Waals surface area contributed by atoms with Crippen molar-refractivity contribution in [3.05, 3.63) is 46.8 Å². The average molecular weight is 462 g/mol. The third-order valence-corrected chi connectivity index (χ3v) is 5.42. The normalized spacial score (nSPS) is 25.2. The topological polar surface area (TPSA) is 179 Å². The van der Waals surface area contributed by atoms with Gasteiger partial charge in [-0.05, 0) is 17.7 Å². The number of aromatic hydroxyl groups is 2. The van der Waals surface area contributed by atoms with Crippen molar-refractivity contribution in [3.63, 3.8) is 0 Å². The number of hydrogen-bond acceptors (Lipinski definition) is 11. The van der Waals surface area contributed by atoms with Gasteiger partial charge in [-0.15, -0.1) is 0 Å². The number of fused-ring (bicyclic) bond motifs is 1. The van der Waals surface area contributed by atoms with Crippen LogP contribution in [0.4, 0.5) is 0 Å². The van der Waals surface area contributed by atoms with E-state index in [2.05, 4.69) is 0 Å². The first-order chi connectivity index (χ1) is 15.7. The molecule has 11 nitrogen and oxygen atoms in total. The largest absolute Gasteiger partial charge is 0.507 e. The van der Waals surface area contributed by atoms with Crippen LogP contribution in [0, 0.1) is 0 Å². The summed E-state index contributed by atoms with van der Waals surface area (Å²) < 4.78 is 21.3. The molecule has 4 rings (SSSR count). The van der Waals surface area contributed by atoms with Crippen molar-refractivity contribution in [3.8, 4) is 34.1 Å². The molecular formula is C22H22O11. The smallest absolute Gasteiger partial charge is 0.229 e. The van der Waals surface area contributed by atoms with Crippen molar-refractivity contribution >= 4 is 11.0 Å². The van der Waals surface area contributed by atoms with Gasteiger partial charge in [-0.1, -0.05) is 6.07 Å². The average Bonchev–Trinajstić information content (AvgIpc) is 2.79. The van der Waals surface area contributed by atoms with Crippen LogP contribution in [0.3, 0.4) is 0 Å². The number of phenolic OH excluding ortho intramolecular Hbond substituents is 2. The van der Waals surface area contributed by atoms with Gasteiger partial charge in [0.05, 0.1) is 19.3 Å². The fourth-order valence-corrected chi connectivity index (χ4v) is 3.63. The van der Waals surface area contributed by atoms with Crippen LogP contribution in [0.15, 0.2) is 45.8 Å². The molecule has 176 valence electrons. The molecule has 11 heteroatoms. The second-order valence-corrected chi connectivity index (χ2v) is 7.50. The molecule has 0 radical (unpaired) electrons. The minimum atomic E-state index is -1.65. The molecule has 0 saturated carbocycles. The van der Waals surface area contributed by atoms with Crippen LogP contribution in [0.5, 0.6) is 23.0 Å². The molecule has 1 aromatic heterocycles. The predicted molar refractivity (Wildman–Crippen MR) is 112 cm³/mol. The minimum absolute atomic E-state index is 0.0407. The number of aliphatic hydroxyl groups is 4. The number of ether oxygens (including phenoxy) is 3. The quantitative estimate of drug-likeness (QED) is 0.302. The summed E-state index contributed by atoms with van der Waals surface area (Å²) in [4.78, 5) is 13.0. The van der Waals surface area contributed by atoms with Crippen molar-refractivity contribution < 1.29 is 49.3 Å². The van der Waals surface area contributed by atoms with E-state index in [1.165, 1.54) is 25.3 Å². The molecular weight excluding hydrogens is 440 g/mol. The molecule has 1 aliphatic heterocycles. The number of methoxy groups -OCH3 is 1. The van der Waals surface area contributed by atoms with E-state index in [-0.39, 0.29) is 33.8 Å². The Morgan fingerprint density at radius 2 is 1.76 bits per heavy atom. The fraction of sp³-hybridized carbons (Fsp3) is 0.318. The van der Waals surface area contributed by atoms with Gasteiger partial charge < -0.3 is 49.3 Å². The zero-order chi connectivity index (χ0) is 23.9. The van der Waals surface area contributed by atoms with Crippen molar-refractivity contribution in [1.82, 2.24) is 0 Å². The molecule has 1 fully saturated rings. The Bertz CT molecular complexity index is 1220. The summed E-state index contributed by atoms with van der Waals surface area (Å²) in [5.74, 6) is -0.508. The lowest BCUT2D eigenvalue weighted by molar-refractivity contribution is -0.277. The van der Waals surface area contributed by atoms with Crippen LogP contribution >= 0.6 is 0 Å². The van der Waals surface area contributed by atoms with E-state index < -0.39 is 48.5 Å². The van der Waals surface area contributed by atoms with E-state index in [0.29, 0.717) is 5.56 Å². The Morgan fingerprint density at radius 1 is 1.00 bits per heavy atom. The van der Waals surface area contributed by atoms with Crippen LogP contribution in [0.1, 0.15) is 0 Å². The van der Waals surface area contributed by atoms with Crippen LogP contribution in [-0.4, -0.2) is 75.1 Å². The molecule has 5 unspecified atom stereocenters. The molecule has 6 N–H and O–H groups in total. The van der Waals surface area contributed by atoms with E-state index >= 15 is 0 Å². The van der Waals surface area contributed by atoms with Gasteiger partial charge in [-0.3, -0.25) is 4.79 Å². The molecule has 0 amide bonds. The molecule has 0 spiro atoms. The Balaban J connectivity index is 1.68. The lowest BCUT2D eigenvalue weighted by Gasteiger charge is -2.39. The molecule has 1 aliphatic rings. The number of benzene rings is 2. The Labute approximate surface area is 186 Å². The molecule has 33 heavy (non-hydrogen) atoms. The van der Waals surface area contributed by atoms with Gasteiger partial charge in [-0.25, -0.2) is 0 Å². The number of hydrogen-bond donors (Lipinski definition) is 6. The molecule has 2 aromatic carbocycles. The fourth-order valence-electron chi connectivity index (χ4n) is 3.63. The maximum absolute atomic E-state index is 13.0. The Hall–Kier alpha value is -3.35. The van der Waals surface area contributed by atoms with Gasteiger partial charge in [0.1, 0.15) is 53.1 Å².